The molecule has 1 aliphatic heterocycles. The van der Waals surface area contributed by atoms with Crippen LogP contribution in [0.3, 0.4) is 0 Å². The van der Waals surface area contributed by atoms with Crippen LogP contribution in [0.5, 0.6) is 11.5 Å². The van der Waals surface area contributed by atoms with E-state index in [0.717, 1.165) is 13.0 Å². The second-order valence-electron chi connectivity index (χ2n) is 7.34. The van der Waals surface area contributed by atoms with Gasteiger partial charge in [0, 0.05) is 24.8 Å². The van der Waals surface area contributed by atoms with Crippen molar-refractivity contribution in [2.45, 2.75) is 26.0 Å². The first-order valence-electron chi connectivity index (χ1n) is 10.1. The Morgan fingerprint density at radius 1 is 1.10 bits per heavy atom. The lowest BCUT2D eigenvalue weighted by molar-refractivity contribution is 0.0919. The summed E-state index contributed by atoms with van der Waals surface area (Å²) in [5.41, 5.74) is 2.62. The highest BCUT2D eigenvalue weighted by atomic mass is 16.5. The Balaban J connectivity index is 1.30. The van der Waals surface area contributed by atoms with Crippen molar-refractivity contribution in [2.24, 2.45) is 0 Å². The average molecular weight is 406 g/mol. The molecule has 3 aromatic rings. The summed E-state index contributed by atoms with van der Waals surface area (Å²) in [6.45, 7) is 3.86. The molecule has 1 aromatic heterocycles. The van der Waals surface area contributed by atoms with Gasteiger partial charge in [-0.05, 0) is 49.2 Å². The number of nitrogens with zero attached hydrogens (tertiary/aromatic N) is 1. The molecule has 0 saturated carbocycles. The van der Waals surface area contributed by atoms with Crippen LogP contribution in [0.4, 0.5) is 5.69 Å². The Kier molecular flexibility index (Phi) is 5.93. The molecule has 4 rings (SSSR count). The Labute approximate surface area is 176 Å². The number of benzene rings is 2. The van der Waals surface area contributed by atoms with Gasteiger partial charge in [0.1, 0.15) is 12.4 Å². The molecular weight excluding hydrogens is 380 g/mol. The van der Waals surface area contributed by atoms with Crippen molar-refractivity contribution >= 4 is 11.6 Å². The van der Waals surface area contributed by atoms with Crippen LogP contribution in [0.1, 0.15) is 28.8 Å². The highest BCUT2D eigenvalue weighted by Crippen LogP contribution is 2.29. The number of nitrogens with one attached hydrogen (secondary N) is 1. The molecule has 0 saturated heterocycles. The average Bonchev–Trinajstić information content (AvgIpc) is 3.43. The Morgan fingerprint density at radius 2 is 1.87 bits per heavy atom. The largest absolute Gasteiger partial charge is 0.493 e. The number of fused-ring (bicyclic) bond motifs is 1. The smallest absolute Gasteiger partial charge is 0.287 e. The predicted octanol–water partition coefficient (Wildman–Crippen LogP) is 4.05. The number of carbonyl (C=O) groups is 1. The molecule has 1 N–H and O–H groups in total. The number of hydrogen-bond donors (Lipinski definition) is 1. The third-order valence-corrected chi connectivity index (χ3v) is 5.34. The van der Waals surface area contributed by atoms with Gasteiger partial charge in [-0.15, -0.1) is 0 Å². The second-order valence-corrected chi connectivity index (χ2v) is 7.34. The molecule has 1 atom stereocenters. The van der Waals surface area contributed by atoms with Crippen molar-refractivity contribution < 1.29 is 18.7 Å². The summed E-state index contributed by atoms with van der Waals surface area (Å²) in [5, 5.41) is 2.98. The lowest BCUT2D eigenvalue weighted by Crippen LogP contribution is -2.41. The number of anilines is 1. The van der Waals surface area contributed by atoms with E-state index in [1.54, 1.807) is 19.2 Å². The predicted molar refractivity (Wildman–Crippen MR) is 115 cm³/mol. The Morgan fingerprint density at radius 3 is 2.70 bits per heavy atom. The second kappa shape index (κ2) is 8.95. The van der Waals surface area contributed by atoms with Gasteiger partial charge < -0.3 is 24.1 Å². The molecule has 6 heteroatoms. The van der Waals surface area contributed by atoms with Crippen molar-refractivity contribution in [3.05, 3.63) is 77.7 Å². The van der Waals surface area contributed by atoms with Gasteiger partial charge in [-0.3, -0.25) is 4.79 Å². The summed E-state index contributed by atoms with van der Waals surface area (Å²) < 4.78 is 16.7. The van der Waals surface area contributed by atoms with Crippen LogP contribution in [-0.2, 0) is 13.0 Å². The van der Waals surface area contributed by atoms with Crippen LogP contribution in [0.2, 0.25) is 0 Å². The summed E-state index contributed by atoms with van der Waals surface area (Å²) in [4.78, 5) is 14.9. The van der Waals surface area contributed by atoms with Gasteiger partial charge >= 0.3 is 0 Å². The summed E-state index contributed by atoms with van der Waals surface area (Å²) >= 11 is 0. The summed E-state index contributed by atoms with van der Waals surface area (Å²) in [7, 11) is 1.60. The summed E-state index contributed by atoms with van der Waals surface area (Å²) in [6.07, 6.45) is 1.04. The Hall–Kier alpha value is -3.41. The monoisotopic (exact) mass is 406 g/mol. The maximum Gasteiger partial charge on any atom is 0.287 e. The van der Waals surface area contributed by atoms with E-state index in [-0.39, 0.29) is 24.3 Å². The fourth-order valence-electron chi connectivity index (χ4n) is 3.72. The molecule has 0 bridgehead atoms. The van der Waals surface area contributed by atoms with Gasteiger partial charge in [-0.1, -0.05) is 30.3 Å². The quantitative estimate of drug-likeness (QED) is 0.612. The zero-order valence-electron chi connectivity index (χ0n) is 17.3. The van der Waals surface area contributed by atoms with Crippen LogP contribution in [-0.4, -0.2) is 32.1 Å². The Bertz CT molecular complexity index is 1010. The molecule has 0 unspecified atom stereocenters. The first-order chi connectivity index (χ1) is 14.7. The van der Waals surface area contributed by atoms with Crippen LogP contribution in [0.25, 0.3) is 0 Å². The minimum Gasteiger partial charge on any atom is -0.493 e. The van der Waals surface area contributed by atoms with Crippen molar-refractivity contribution in [1.29, 1.82) is 0 Å². The standard InChI is InChI=1S/C24H26N2O4/c1-17(26-14-13-18-7-3-4-8-20(18)26)15-25-24(27)23-12-11-19(30-23)16-29-22-10-6-5-9-21(22)28-2/h3-12,17H,13-16H2,1-2H3,(H,25,27)/t17-/m0/s1. The molecule has 0 aliphatic carbocycles. The van der Waals surface area contributed by atoms with Gasteiger partial charge in [0.15, 0.2) is 17.3 Å². The van der Waals surface area contributed by atoms with Crippen molar-refractivity contribution in [2.75, 3.05) is 25.1 Å². The normalized spacial score (nSPS) is 13.6. The number of ether oxygens (including phenoxy) is 2. The van der Waals surface area contributed by atoms with E-state index in [1.165, 1.54) is 11.3 Å². The van der Waals surface area contributed by atoms with Gasteiger partial charge in [0.25, 0.3) is 5.91 Å². The summed E-state index contributed by atoms with van der Waals surface area (Å²) in [6, 6.07) is 19.5. The maximum atomic E-state index is 12.5. The molecular formula is C24H26N2O4. The van der Waals surface area contributed by atoms with Crippen LogP contribution in [0, 0.1) is 0 Å². The van der Waals surface area contributed by atoms with Crippen LogP contribution < -0.4 is 19.7 Å². The van der Waals surface area contributed by atoms with Crippen molar-refractivity contribution in [1.82, 2.24) is 5.32 Å². The molecule has 156 valence electrons. The van der Waals surface area contributed by atoms with Gasteiger partial charge in [0.05, 0.1) is 7.11 Å². The van der Waals surface area contributed by atoms with Crippen LogP contribution in [0.15, 0.2) is 65.1 Å². The summed E-state index contributed by atoms with van der Waals surface area (Å²) in [5.74, 6) is 1.91. The highest BCUT2D eigenvalue weighted by Gasteiger charge is 2.23. The third kappa shape index (κ3) is 4.27. The van der Waals surface area contributed by atoms with E-state index >= 15 is 0 Å². The number of amides is 1. The molecule has 6 nitrogen and oxygen atoms in total. The van der Waals surface area contributed by atoms with E-state index in [4.69, 9.17) is 13.9 Å². The molecule has 1 aliphatic rings. The fraction of sp³-hybridized carbons (Fsp3) is 0.292. The first-order valence-corrected chi connectivity index (χ1v) is 10.1. The lowest BCUT2D eigenvalue weighted by atomic mass is 10.2. The zero-order valence-corrected chi connectivity index (χ0v) is 17.3. The van der Waals surface area contributed by atoms with E-state index in [2.05, 4.69) is 41.4 Å². The maximum absolute atomic E-state index is 12.5. The molecule has 2 heterocycles. The number of para-hydroxylation sites is 3. The van der Waals surface area contributed by atoms with Crippen molar-refractivity contribution in [3.63, 3.8) is 0 Å². The minimum atomic E-state index is -0.224. The zero-order chi connectivity index (χ0) is 20.9. The fourth-order valence-corrected chi connectivity index (χ4v) is 3.72. The number of carbonyl (C=O) groups excluding carboxylic acids is 1. The third-order valence-electron chi connectivity index (χ3n) is 5.34. The highest BCUT2D eigenvalue weighted by molar-refractivity contribution is 5.91. The van der Waals surface area contributed by atoms with E-state index in [9.17, 15) is 4.79 Å². The molecule has 30 heavy (non-hydrogen) atoms. The van der Waals surface area contributed by atoms with Gasteiger partial charge in [-0.2, -0.15) is 0 Å². The number of methoxy groups -OCH3 is 1. The molecule has 0 spiro atoms. The minimum absolute atomic E-state index is 0.195. The number of hydrogen-bond acceptors (Lipinski definition) is 5. The number of furan rings is 1. The van der Waals surface area contributed by atoms with E-state index in [0.29, 0.717) is 23.8 Å². The molecule has 0 radical (unpaired) electrons. The van der Waals surface area contributed by atoms with E-state index in [1.807, 2.05) is 24.3 Å². The SMILES string of the molecule is COc1ccccc1OCc1ccc(C(=O)NC[C@H](C)N2CCc3ccccc32)o1. The van der Waals surface area contributed by atoms with Gasteiger partial charge in [-0.25, -0.2) is 0 Å². The van der Waals surface area contributed by atoms with Gasteiger partial charge in [0.2, 0.25) is 0 Å². The lowest BCUT2D eigenvalue weighted by Gasteiger charge is -2.27. The van der Waals surface area contributed by atoms with Crippen molar-refractivity contribution in [3.8, 4) is 11.5 Å². The number of rotatable bonds is 8. The molecule has 1 amide bonds. The van der Waals surface area contributed by atoms with E-state index < -0.39 is 0 Å². The first kappa shape index (κ1) is 19.9. The molecule has 0 fully saturated rings. The topological polar surface area (TPSA) is 63.9 Å². The molecule has 2 aromatic carbocycles. The van der Waals surface area contributed by atoms with Crippen LogP contribution >= 0.6 is 0 Å².